The Morgan fingerprint density at radius 1 is 1.31 bits per heavy atom. The van der Waals surface area contributed by atoms with Crippen LogP contribution in [0.15, 0.2) is 0 Å². The van der Waals surface area contributed by atoms with E-state index in [0.29, 0.717) is 6.04 Å². The van der Waals surface area contributed by atoms with Gasteiger partial charge in [0, 0.05) is 13.0 Å². The Morgan fingerprint density at radius 3 is 2.69 bits per heavy atom. The fourth-order valence-electron chi connectivity index (χ4n) is 2.59. The van der Waals surface area contributed by atoms with E-state index in [1.54, 1.807) is 0 Å². The highest BCUT2D eigenvalue weighted by Crippen LogP contribution is 2.28. The summed E-state index contributed by atoms with van der Waals surface area (Å²) in [4.78, 5) is 13.3. The minimum absolute atomic E-state index is 0.126. The number of fused-ring (bicyclic) bond motifs is 1. The van der Waals surface area contributed by atoms with Gasteiger partial charge in [-0.15, -0.1) is 0 Å². The number of esters is 1. The molecule has 3 heteroatoms. The van der Waals surface area contributed by atoms with E-state index >= 15 is 0 Å². The molecule has 2 aliphatic rings. The molecule has 0 saturated carbocycles. The van der Waals surface area contributed by atoms with Crippen molar-refractivity contribution in [3.63, 3.8) is 0 Å². The van der Waals surface area contributed by atoms with Crippen LogP contribution in [0.5, 0.6) is 0 Å². The molecule has 0 unspecified atom stereocenters. The van der Waals surface area contributed by atoms with Gasteiger partial charge in [0.15, 0.2) is 0 Å². The van der Waals surface area contributed by atoms with Crippen LogP contribution in [0.3, 0.4) is 0 Å². The Labute approximate surface area is 79.0 Å². The SMILES string of the molecule is CC(=O)O[C@@H]1CCCN2CCC[C@H]12. The molecule has 2 atom stereocenters. The lowest BCUT2D eigenvalue weighted by Crippen LogP contribution is -2.45. The third-order valence-corrected chi connectivity index (χ3v) is 3.09. The number of ether oxygens (including phenoxy) is 1. The lowest BCUT2D eigenvalue weighted by molar-refractivity contribution is -0.151. The van der Waals surface area contributed by atoms with Crippen molar-refractivity contribution in [1.82, 2.24) is 4.90 Å². The molecule has 0 N–H and O–H groups in total. The largest absolute Gasteiger partial charge is 0.461 e. The van der Waals surface area contributed by atoms with Gasteiger partial charge >= 0.3 is 5.97 Å². The second-order valence-electron chi connectivity index (χ2n) is 4.04. The van der Waals surface area contributed by atoms with Gasteiger partial charge in [0.2, 0.25) is 0 Å². The maximum atomic E-state index is 10.9. The van der Waals surface area contributed by atoms with Crippen LogP contribution < -0.4 is 0 Å². The first-order chi connectivity index (χ1) is 6.27. The fraction of sp³-hybridized carbons (Fsp3) is 0.900. The first kappa shape index (κ1) is 9.00. The third kappa shape index (κ3) is 1.85. The van der Waals surface area contributed by atoms with Crippen LogP contribution in [0.25, 0.3) is 0 Å². The number of hydrogen-bond acceptors (Lipinski definition) is 3. The van der Waals surface area contributed by atoms with E-state index < -0.39 is 0 Å². The fourth-order valence-corrected chi connectivity index (χ4v) is 2.59. The lowest BCUT2D eigenvalue weighted by atomic mass is 9.99. The highest BCUT2D eigenvalue weighted by Gasteiger charge is 2.36. The summed E-state index contributed by atoms with van der Waals surface area (Å²) in [5.74, 6) is -0.126. The molecule has 0 radical (unpaired) electrons. The van der Waals surface area contributed by atoms with Crippen LogP contribution in [0.4, 0.5) is 0 Å². The van der Waals surface area contributed by atoms with E-state index in [-0.39, 0.29) is 12.1 Å². The molecule has 0 aromatic heterocycles. The summed E-state index contributed by atoms with van der Waals surface area (Å²) in [6, 6.07) is 0.526. The van der Waals surface area contributed by atoms with E-state index in [0.717, 1.165) is 6.42 Å². The number of nitrogens with zero attached hydrogens (tertiary/aromatic N) is 1. The van der Waals surface area contributed by atoms with Crippen molar-refractivity contribution in [3.05, 3.63) is 0 Å². The van der Waals surface area contributed by atoms with Crippen LogP contribution in [0.2, 0.25) is 0 Å². The summed E-state index contributed by atoms with van der Waals surface area (Å²) < 4.78 is 5.32. The zero-order valence-electron chi connectivity index (χ0n) is 8.16. The molecule has 2 aliphatic heterocycles. The maximum absolute atomic E-state index is 10.9. The van der Waals surface area contributed by atoms with Gasteiger partial charge in [0.25, 0.3) is 0 Å². The highest BCUT2D eigenvalue weighted by atomic mass is 16.5. The number of hydrogen-bond donors (Lipinski definition) is 0. The molecule has 3 nitrogen and oxygen atoms in total. The molecule has 0 aromatic rings. The average molecular weight is 183 g/mol. The van der Waals surface area contributed by atoms with Crippen molar-refractivity contribution < 1.29 is 9.53 Å². The first-order valence-electron chi connectivity index (χ1n) is 5.18. The molecular weight excluding hydrogens is 166 g/mol. The van der Waals surface area contributed by atoms with Gasteiger partial charge in [-0.05, 0) is 38.8 Å². The molecule has 0 aliphatic carbocycles. The standard InChI is InChI=1S/C10H17NO2/c1-8(12)13-10-5-3-7-11-6-2-4-9(10)11/h9-10H,2-7H2,1H3/t9-,10-/m1/s1. The molecule has 74 valence electrons. The van der Waals surface area contributed by atoms with Crippen LogP contribution in [0.1, 0.15) is 32.6 Å². The Balaban J connectivity index is 1.97. The molecule has 2 fully saturated rings. The van der Waals surface area contributed by atoms with Crippen molar-refractivity contribution in [3.8, 4) is 0 Å². The molecule has 2 heterocycles. The van der Waals surface area contributed by atoms with Gasteiger partial charge < -0.3 is 4.74 Å². The topological polar surface area (TPSA) is 29.5 Å². The Kier molecular flexibility index (Phi) is 2.54. The summed E-state index contributed by atoms with van der Waals surface area (Å²) in [7, 11) is 0. The predicted molar refractivity (Wildman–Crippen MR) is 49.4 cm³/mol. The maximum Gasteiger partial charge on any atom is 0.302 e. The summed E-state index contributed by atoms with van der Waals surface area (Å²) in [6.07, 6.45) is 4.88. The van der Waals surface area contributed by atoms with E-state index in [1.807, 2.05) is 0 Å². The van der Waals surface area contributed by atoms with Gasteiger partial charge in [-0.1, -0.05) is 0 Å². The van der Waals surface area contributed by atoms with Gasteiger partial charge in [-0.3, -0.25) is 9.69 Å². The highest BCUT2D eigenvalue weighted by molar-refractivity contribution is 5.66. The summed E-state index contributed by atoms with van der Waals surface area (Å²) in [5, 5.41) is 0. The number of piperidine rings is 1. The molecule has 2 rings (SSSR count). The van der Waals surface area contributed by atoms with E-state index in [2.05, 4.69) is 4.90 Å². The predicted octanol–water partition coefficient (Wildman–Crippen LogP) is 1.18. The molecule has 2 saturated heterocycles. The number of carbonyl (C=O) groups is 1. The monoisotopic (exact) mass is 183 g/mol. The van der Waals surface area contributed by atoms with Gasteiger partial charge in [-0.2, -0.15) is 0 Å². The van der Waals surface area contributed by atoms with Crippen LogP contribution in [0, 0.1) is 0 Å². The quantitative estimate of drug-likeness (QED) is 0.572. The normalized spacial score (nSPS) is 34.2. The van der Waals surface area contributed by atoms with Crippen LogP contribution in [-0.2, 0) is 9.53 Å². The minimum Gasteiger partial charge on any atom is -0.461 e. The van der Waals surface area contributed by atoms with Crippen molar-refractivity contribution in [1.29, 1.82) is 0 Å². The molecule has 13 heavy (non-hydrogen) atoms. The molecule has 0 spiro atoms. The van der Waals surface area contributed by atoms with E-state index in [4.69, 9.17) is 4.74 Å². The lowest BCUT2D eigenvalue weighted by Gasteiger charge is -2.35. The summed E-state index contributed by atoms with van der Waals surface area (Å²) in [6.45, 7) is 3.90. The van der Waals surface area contributed by atoms with Gasteiger partial charge in [0.1, 0.15) is 6.10 Å². The Hall–Kier alpha value is -0.570. The second-order valence-corrected chi connectivity index (χ2v) is 4.04. The minimum atomic E-state index is -0.126. The zero-order valence-corrected chi connectivity index (χ0v) is 8.16. The van der Waals surface area contributed by atoms with Crippen molar-refractivity contribution in [2.24, 2.45) is 0 Å². The molecule has 0 bridgehead atoms. The molecular formula is C10H17NO2. The average Bonchev–Trinajstić information content (AvgIpc) is 2.51. The zero-order chi connectivity index (χ0) is 9.26. The van der Waals surface area contributed by atoms with Gasteiger partial charge in [-0.25, -0.2) is 0 Å². The van der Waals surface area contributed by atoms with Crippen LogP contribution >= 0.6 is 0 Å². The Morgan fingerprint density at radius 2 is 2.00 bits per heavy atom. The van der Waals surface area contributed by atoms with Gasteiger partial charge in [0.05, 0.1) is 0 Å². The van der Waals surface area contributed by atoms with Crippen molar-refractivity contribution in [2.45, 2.75) is 44.8 Å². The van der Waals surface area contributed by atoms with Crippen molar-refractivity contribution in [2.75, 3.05) is 13.1 Å². The number of carbonyl (C=O) groups excluding carboxylic acids is 1. The smallest absolute Gasteiger partial charge is 0.302 e. The molecule has 0 aromatic carbocycles. The van der Waals surface area contributed by atoms with E-state index in [1.165, 1.54) is 39.3 Å². The van der Waals surface area contributed by atoms with E-state index in [9.17, 15) is 4.79 Å². The Bertz CT molecular complexity index is 205. The third-order valence-electron chi connectivity index (χ3n) is 3.09. The number of rotatable bonds is 1. The second kappa shape index (κ2) is 3.66. The van der Waals surface area contributed by atoms with Crippen molar-refractivity contribution >= 4 is 5.97 Å². The summed E-state index contributed by atoms with van der Waals surface area (Å²) >= 11 is 0. The summed E-state index contributed by atoms with van der Waals surface area (Å²) in [5.41, 5.74) is 0. The molecule has 0 amide bonds. The first-order valence-corrected chi connectivity index (χ1v) is 5.18. The van der Waals surface area contributed by atoms with Crippen LogP contribution in [-0.4, -0.2) is 36.1 Å².